The van der Waals surface area contributed by atoms with E-state index in [-0.39, 0.29) is 24.0 Å². The van der Waals surface area contributed by atoms with Gasteiger partial charge in [0, 0.05) is 18.7 Å². The van der Waals surface area contributed by atoms with Crippen LogP contribution in [0, 0.1) is 0 Å². The van der Waals surface area contributed by atoms with Gasteiger partial charge in [-0.3, -0.25) is 0 Å². The molecule has 0 fully saturated rings. The van der Waals surface area contributed by atoms with Crippen molar-refractivity contribution in [1.82, 2.24) is 10.6 Å². The van der Waals surface area contributed by atoms with E-state index >= 15 is 0 Å². The molecule has 2 aromatic rings. The maximum absolute atomic E-state index is 5.39. The van der Waals surface area contributed by atoms with Crippen molar-refractivity contribution >= 4 is 29.9 Å². The number of benzene rings is 2. The largest absolute Gasteiger partial charge is 0.496 e. The van der Waals surface area contributed by atoms with Crippen LogP contribution in [0.1, 0.15) is 18.1 Å². The normalized spacial score (nSPS) is 10.6. The summed E-state index contributed by atoms with van der Waals surface area (Å²) in [4.78, 5) is 4.64. The van der Waals surface area contributed by atoms with Crippen LogP contribution in [0.25, 0.3) is 0 Å². The van der Waals surface area contributed by atoms with Crippen molar-refractivity contribution in [3.8, 4) is 17.2 Å². The third-order valence-corrected chi connectivity index (χ3v) is 3.85. The van der Waals surface area contributed by atoms with Crippen molar-refractivity contribution < 1.29 is 14.2 Å². The Morgan fingerprint density at radius 2 is 1.59 bits per heavy atom. The lowest BCUT2D eigenvalue weighted by molar-refractivity contribution is 0.354. The third-order valence-electron chi connectivity index (χ3n) is 3.85. The summed E-state index contributed by atoms with van der Waals surface area (Å²) in [6.07, 6.45) is 0. The monoisotopic (exact) mass is 485 g/mol. The molecule has 7 heteroatoms. The van der Waals surface area contributed by atoms with Crippen LogP contribution in [-0.4, -0.2) is 33.8 Å². The lowest BCUT2D eigenvalue weighted by atomic mass is 10.2. The van der Waals surface area contributed by atoms with E-state index in [1.54, 1.807) is 21.3 Å². The zero-order chi connectivity index (χ0) is 18.8. The van der Waals surface area contributed by atoms with E-state index in [0.717, 1.165) is 29.4 Å². The van der Waals surface area contributed by atoms with E-state index < -0.39 is 0 Å². The molecular weight excluding hydrogens is 457 g/mol. The average Bonchev–Trinajstić information content (AvgIpc) is 2.69. The smallest absolute Gasteiger partial charge is 0.191 e. The molecular formula is C20H28IN3O3. The molecule has 2 rings (SSSR count). The molecule has 6 nitrogen and oxygen atoms in total. The quantitative estimate of drug-likeness (QED) is 0.340. The van der Waals surface area contributed by atoms with Crippen LogP contribution in [0.5, 0.6) is 17.2 Å². The fraction of sp³-hybridized carbons (Fsp3) is 0.350. The first kappa shape index (κ1) is 22.9. The Kier molecular flexibility index (Phi) is 10.4. The Hall–Kier alpha value is -2.16. The molecule has 0 radical (unpaired) electrons. The summed E-state index contributed by atoms with van der Waals surface area (Å²) < 4.78 is 16.0. The Labute approximate surface area is 178 Å². The highest BCUT2D eigenvalue weighted by Crippen LogP contribution is 2.27. The van der Waals surface area contributed by atoms with Gasteiger partial charge < -0.3 is 24.8 Å². The van der Waals surface area contributed by atoms with Gasteiger partial charge in [-0.1, -0.05) is 24.3 Å². The van der Waals surface area contributed by atoms with Gasteiger partial charge >= 0.3 is 0 Å². The van der Waals surface area contributed by atoms with E-state index in [1.807, 2.05) is 49.4 Å². The highest BCUT2D eigenvalue weighted by molar-refractivity contribution is 14.0. The number of halogens is 1. The molecule has 0 heterocycles. The van der Waals surface area contributed by atoms with Crippen LogP contribution >= 0.6 is 24.0 Å². The molecule has 27 heavy (non-hydrogen) atoms. The van der Waals surface area contributed by atoms with Crippen LogP contribution in [-0.2, 0) is 13.1 Å². The first-order chi connectivity index (χ1) is 12.7. The van der Waals surface area contributed by atoms with Crippen molar-refractivity contribution in [2.45, 2.75) is 20.0 Å². The second-order valence-electron chi connectivity index (χ2n) is 5.55. The number of para-hydroxylation sites is 1. The minimum Gasteiger partial charge on any atom is -0.496 e. The average molecular weight is 485 g/mol. The minimum absolute atomic E-state index is 0. The van der Waals surface area contributed by atoms with Crippen LogP contribution in [0.4, 0.5) is 0 Å². The lowest BCUT2D eigenvalue weighted by Gasteiger charge is -2.14. The predicted molar refractivity (Wildman–Crippen MR) is 120 cm³/mol. The van der Waals surface area contributed by atoms with E-state index in [9.17, 15) is 0 Å². The Morgan fingerprint density at radius 1 is 0.889 bits per heavy atom. The molecule has 0 aromatic heterocycles. The van der Waals surface area contributed by atoms with Crippen LogP contribution in [0.3, 0.4) is 0 Å². The number of methoxy groups -OCH3 is 3. The summed E-state index contributed by atoms with van der Waals surface area (Å²) in [7, 11) is 4.93. The molecule has 0 aliphatic carbocycles. The van der Waals surface area contributed by atoms with Crippen molar-refractivity contribution in [1.29, 1.82) is 0 Å². The van der Waals surface area contributed by atoms with Crippen LogP contribution in [0.2, 0.25) is 0 Å². The molecule has 0 aliphatic rings. The van der Waals surface area contributed by atoms with E-state index in [0.29, 0.717) is 24.6 Å². The second kappa shape index (κ2) is 12.3. The molecule has 0 aliphatic heterocycles. The maximum Gasteiger partial charge on any atom is 0.191 e. The number of nitrogens with zero attached hydrogens (tertiary/aromatic N) is 1. The van der Waals surface area contributed by atoms with Crippen LogP contribution in [0.15, 0.2) is 47.5 Å². The first-order valence-electron chi connectivity index (χ1n) is 8.56. The van der Waals surface area contributed by atoms with Gasteiger partial charge in [-0.2, -0.15) is 0 Å². The number of aliphatic imine (C=N–C) groups is 1. The van der Waals surface area contributed by atoms with Crippen molar-refractivity contribution in [3.63, 3.8) is 0 Å². The van der Waals surface area contributed by atoms with Gasteiger partial charge in [-0.15, -0.1) is 24.0 Å². The Balaban J connectivity index is 0.00000364. The number of ether oxygens (including phenoxy) is 3. The van der Waals surface area contributed by atoms with Gasteiger partial charge in [-0.05, 0) is 30.7 Å². The molecule has 0 bridgehead atoms. The zero-order valence-electron chi connectivity index (χ0n) is 16.2. The maximum atomic E-state index is 5.39. The molecule has 0 spiro atoms. The lowest BCUT2D eigenvalue weighted by Crippen LogP contribution is -2.36. The fourth-order valence-electron chi connectivity index (χ4n) is 2.52. The summed E-state index contributed by atoms with van der Waals surface area (Å²) in [5.74, 6) is 3.01. The van der Waals surface area contributed by atoms with Gasteiger partial charge in [0.25, 0.3) is 0 Å². The molecule has 0 unspecified atom stereocenters. The summed E-state index contributed by atoms with van der Waals surface area (Å²) >= 11 is 0. The van der Waals surface area contributed by atoms with E-state index in [4.69, 9.17) is 14.2 Å². The van der Waals surface area contributed by atoms with Crippen molar-refractivity contribution in [2.75, 3.05) is 27.9 Å². The summed E-state index contributed by atoms with van der Waals surface area (Å²) in [5, 5.41) is 6.59. The Bertz CT molecular complexity index is 738. The number of hydrogen-bond acceptors (Lipinski definition) is 4. The highest BCUT2D eigenvalue weighted by Gasteiger charge is 2.06. The fourth-order valence-corrected chi connectivity index (χ4v) is 2.52. The zero-order valence-corrected chi connectivity index (χ0v) is 18.6. The van der Waals surface area contributed by atoms with Gasteiger partial charge in [0.1, 0.15) is 5.75 Å². The van der Waals surface area contributed by atoms with Gasteiger partial charge in [0.05, 0.1) is 27.9 Å². The van der Waals surface area contributed by atoms with Crippen molar-refractivity contribution in [2.24, 2.45) is 4.99 Å². The van der Waals surface area contributed by atoms with E-state index in [2.05, 4.69) is 15.6 Å². The van der Waals surface area contributed by atoms with Crippen molar-refractivity contribution in [3.05, 3.63) is 53.6 Å². The molecule has 0 saturated heterocycles. The minimum atomic E-state index is 0. The third kappa shape index (κ3) is 6.82. The predicted octanol–water partition coefficient (Wildman–Crippen LogP) is 3.59. The van der Waals surface area contributed by atoms with Gasteiger partial charge in [-0.25, -0.2) is 4.99 Å². The summed E-state index contributed by atoms with van der Waals surface area (Å²) in [6.45, 7) is 3.98. The van der Waals surface area contributed by atoms with Gasteiger partial charge in [0.2, 0.25) is 0 Å². The number of rotatable bonds is 8. The molecule has 2 N–H and O–H groups in total. The molecule has 0 amide bonds. The Morgan fingerprint density at radius 3 is 2.26 bits per heavy atom. The molecule has 0 saturated carbocycles. The number of hydrogen-bond donors (Lipinski definition) is 2. The topological polar surface area (TPSA) is 64.1 Å². The second-order valence-corrected chi connectivity index (χ2v) is 5.55. The SMILES string of the molecule is CCNC(=NCc1ccc(OC)c(OC)c1)NCc1ccccc1OC.I. The van der Waals surface area contributed by atoms with E-state index in [1.165, 1.54) is 0 Å². The molecule has 2 aromatic carbocycles. The highest BCUT2D eigenvalue weighted by atomic mass is 127. The van der Waals surface area contributed by atoms with Gasteiger partial charge in [0.15, 0.2) is 17.5 Å². The summed E-state index contributed by atoms with van der Waals surface area (Å²) in [5.41, 5.74) is 2.11. The molecule has 0 atom stereocenters. The van der Waals surface area contributed by atoms with Crippen LogP contribution < -0.4 is 24.8 Å². The first-order valence-corrected chi connectivity index (χ1v) is 8.56. The summed E-state index contributed by atoms with van der Waals surface area (Å²) in [6, 6.07) is 13.7. The standard InChI is InChI=1S/C20H27N3O3.HI/c1-5-21-20(23-14-16-8-6-7-9-17(16)24-2)22-13-15-10-11-18(25-3)19(12-15)26-4;/h6-12H,5,13-14H2,1-4H3,(H2,21,22,23);1H. The molecule has 148 valence electrons. The number of nitrogens with one attached hydrogen (secondary N) is 2. The number of guanidine groups is 1.